The van der Waals surface area contributed by atoms with Crippen LogP contribution in [0.3, 0.4) is 0 Å². The van der Waals surface area contributed by atoms with E-state index in [2.05, 4.69) is 43.2 Å². The Kier molecular flexibility index (Phi) is 8.76. The molecule has 0 amide bonds. The summed E-state index contributed by atoms with van der Waals surface area (Å²) < 4.78 is 19.2. The highest BCUT2D eigenvalue weighted by molar-refractivity contribution is 7.99. The van der Waals surface area contributed by atoms with E-state index in [1.165, 1.54) is 5.56 Å². The van der Waals surface area contributed by atoms with Gasteiger partial charge in [0.05, 0.1) is 19.3 Å². The van der Waals surface area contributed by atoms with E-state index in [1.807, 2.05) is 37.3 Å². The number of unbranched alkanes of at least 4 members (excludes halogenated alkanes) is 1. The van der Waals surface area contributed by atoms with Crippen LogP contribution in [0.15, 0.2) is 58.9 Å². The maximum Gasteiger partial charge on any atom is 0.338 e. The molecule has 0 aliphatic carbocycles. The maximum atomic E-state index is 13.3. The minimum absolute atomic E-state index is 0.368. The number of anilines is 1. The third kappa shape index (κ3) is 6.10. The third-order valence-electron chi connectivity index (χ3n) is 6.08. The Morgan fingerprint density at radius 3 is 2.59 bits per heavy atom. The zero-order chi connectivity index (χ0) is 26.4. The summed E-state index contributed by atoms with van der Waals surface area (Å²) in [5.41, 5.74) is 4.28. The van der Waals surface area contributed by atoms with E-state index in [0.717, 1.165) is 29.7 Å². The minimum Gasteiger partial charge on any atom is -0.493 e. The van der Waals surface area contributed by atoms with E-state index >= 15 is 0 Å². The highest BCUT2D eigenvalue weighted by Crippen LogP contribution is 2.40. The highest BCUT2D eigenvalue weighted by Gasteiger charge is 2.35. The zero-order valence-corrected chi connectivity index (χ0v) is 22.9. The molecule has 37 heavy (non-hydrogen) atoms. The van der Waals surface area contributed by atoms with E-state index in [0.29, 0.717) is 47.1 Å². The van der Waals surface area contributed by atoms with Gasteiger partial charge in [0.25, 0.3) is 0 Å². The van der Waals surface area contributed by atoms with Crippen molar-refractivity contribution in [1.29, 1.82) is 0 Å². The van der Waals surface area contributed by atoms with Gasteiger partial charge in [0.2, 0.25) is 11.1 Å². The summed E-state index contributed by atoms with van der Waals surface area (Å²) in [6, 6.07) is 13.4. The zero-order valence-electron chi connectivity index (χ0n) is 22.0. The molecule has 2 aromatic carbocycles. The number of carbonyl (C=O) groups is 1. The van der Waals surface area contributed by atoms with Gasteiger partial charge in [-0.25, -0.2) is 9.48 Å². The smallest absolute Gasteiger partial charge is 0.338 e. The highest BCUT2D eigenvalue weighted by atomic mass is 32.2. The summed E-state index contributed by atoms with van der Waals surface area (Å²) >= 11 is 1.55. The Labute approximate surface area is 222 Å². The molecular weight excluding hydrogens is 488 g/mol. The van der Waals surface area contributed by atoms with Gasteiger partial charge in [0, 0.05) is 5.70 Å². The fourth-order valence-electron chi connectivity index (χ4n) is 4.10. The molecule has 2 heterocycles. The van der Waals surface area contributed by atoms with Crippen molar-refractivity contribution in [1.82, 2.24) is 14.8 Å². The van der Waals surface area contributed by atoms with Crippen molar-refractivity contribution in [2.75, 3.05) is 24.8 Å². The fraction of sp³-hybridized carbons (Fsp3) is 0.393. The monoisotopic (exact) mass is 522 g/mol. The van der Waals surface area contributed by atoms with E-state index in [9.17, 15) is 4.79 Å². The van der Waals surface area contributed by atoms with Gasteiger partial charge >= 0.3 is 5.97 Å². The molecule has 0 radical (unpaired) electrons. The number of ether oxygens (including phenoxy) is 3. The Bertz CT molecular complexity index is 1270. The van der Waals surface area contributed by atoms with Crippen LogP contribution in [-0.2, 0) is 16.1 Å². The summed E-state index contributed by atoms with van der Waals surface area (Å²) in [4.78, 5) is 17.9. The van der Waals surface area contributed by atoms with Gasteiger partial charge < -0.3 is 19.5 Å². The molecule has 1 aliphatic heterocycles. The van der Waals surface area contributed by atoms with Gasteiger partial charge in [0.1, 0.15) is 12.6 Å². The molecule has 1 atom stereocenters. The first-order valence-electron chi connectivity index (χ1n) is 12.6. The van der Waals surface area contributed by atoms with E-state index in [-0.39, 0.29) is 5.97 Å². The van der Waals surface area contributed by atoms with Crippen LogP contribution in [0.1, 0.15) is 56.3 Å². The number of rotatable bonds is 11. The lowest BCUT2D eigenvalue weighted by atomic mass is 9.95. The first kappa shape index (κ1) is 26.6. The number of carbonyl (C=O) groups excluding carboxylic acids is 1. The number of allylic oxidation sites excluding steroid dienone is 1. The van der Waals surface area contributed by atoms with Crippen LogP contribution in [0.25, 0.3) is 0 Å². The van der Waals surface area contributed by atoms with Crippen molar-refractivity contribution < 1.29 is 19.0 Å². The summed E-state index contributed by atoms with van der Waals surface area (Å²) in [7, 11) is 1.61. The number of esters is 1. The van der Waals surface area contributed by atoms with Crippen molar-refractivity contribution in [2.24, 2.45) is 0 Å². The number of benzene rings is 2. The van der Waals surface area contributed by atoms with Gasteiger partial charge in [-0.3, -0.25) is 0 Å². The number of nitrogens with one attached hydrogen (secondary N) is 1. The van der Waals surface area contributed by atoms with Gasteiger partial charge in [-0.05, 0) is 49.3 Å². The number of nitrogens with zero attached hydrogens (tertiary/aromatic N) is 3. The van der Waals surface area contributed by atoms with Crippen molar-refractivity contribution in [3.63, 3.8) is 0 Å². The van der Waals surface area contributed by atoms with Crippen molar-refractivity contribution in [3.8, 4) is 11.5 Å². The number of aryl methyl sites for hydroxylation is 1. The summed E-state index contributed by atoms with van der Waals surface area (Å²) in [6.45, 7) is 8.83. The lowest BCUT2D eigenvalue weighted by Crippen LogP contribution is -2.29. The average molecular weight is 523 g/mol. The molecule has 4 rings (SSSR count). The molecule has 8 nitrogen and oxygen atoms in total. The summed E-state index contributed by atoms with van der Waals surface area (Å²) in [6.07, 6.45) is 1.75. The van der Waals surface area contributed by atoms with Crippen molar-refractivity contribution >= 4 is 23.7 Å². The molecule has 196 valence electrons. The van der Waals surface area contributed by atoms with Crippen LogP contribution in [0.2, 0.25) is 0 Å². The number of methoxy groups -OCH3 is 1. The van der Waals surface area contributed by atoms with Crippen LogP contribution >= 0.6 is 11.8 Å². The van der Waals surface area contributed by atoms with E-state index in [1.54, 1.807) is 23.6 Å². The lowest BCUT2D eigenvalue weighted by Gasteiger charge is -2.28. The fourth-order valence-corrected chi connectivity index (χ4v) is 4.65. The van der Waals surface area contributed by atoms with Gasteiger partial charge in [-0.2, -0.15) is 4.98 Å². The van der Waals surface area contributed by atoms with Crippen molar-refractivity contribution in [3.05, 3.63) is 70.4 Å². The van der Waals surface area contributed by atoms with Crippen molar-refractivity contribution in [2.45, 2.75) is 58.3 Å². The number of thioether (sulfide) groups is 1. The Hall–Kier alpha value is -3.46. The molecule has 9 heteroatoms. The maximum absolute atomic E-state index is 13.3. The molecule has 0 fully saturated rings. The summed E-state index contributed by atoms with van der Waals surface area (Å²) in [5, 5.41) is 8.60. The normalized spacial score (nSPS) is 14.7. The second kappa shape index (κ2) is 12.2. The molecule has 0 saturated heterocycles. The molecule has 0 spiro atoms. The number of hydrogen-bond donors (Lipinski definition) is 1. The predicted molar refractivity (Wildman–Crippen MR) is 145 cm³/mol. The van der Waals surface area contributed by atoms with E-state index in [4.69, 9.17) is 19.3 Å². The molecule has 1 unspecified atom stereocenters. The number of aromatic nitrogens is 3. The Balaban J connectivity index is 1.68. The average Bonchev–Trinajstić information content (AvgIpc) is 3.29. The van der Waals surface area contributed by atoms with Crippen LogP contribution in [-0.4, -0.2) is 40.2 Å². The third-order valence-corrected chi connectivity index (χ3v) is 6.80. The van der Waals surface area contributed by atoms with Crippen LogP contribution < -0.4 is 14.8 Å². The molecular formula is C28H34N4O4S. The first-order valence-corrected chi connectivity index (χ1v) is 13.5. The van der Waals surface area contributed by atoms with Crippen LogP contribution in [0, 0.1) is 6.92 Å². The standard InChI is InChI=1S/C28H34N4O4S/c1-6-8-15-35-26(33)24-19(4)29-27-30-28(37-7-2)31-32(27)25(24)21-13-14-22(23(16-21)34-5)36-17-20-11-9-18(3)10-12-20/h9-14,16,25H,6-8,15,17H2,1-5H3,(H,29,30,31). The Morgan fingerprint density at radius 1 is 1.11 bits per heavy atom. The molecule has 3 aromatic rings. The van der Waals surface area contributed by atoms with Crippen LogP contribution in [0.4, 0.5) is 5.95 Å². The first-order chi connectivity index (χ1) is 17.9. The molecule has 1 N–H and O–H groups in total. The summed E-state index contributed by atoms with van der Waals surface area (Å²) in [5.74, 6) is 2.25. The van der Waals surface area contributed by atoms with E-state index < -0.39 is 6.04 Å². The van der Waals surface area contributed by atoms with Crippen LogP contribution in [0.5, 0.6) is 11.5 Å². The molecule has 0 bridgehead atoms. The second-order valence-electron chi connectivity index (χ2n) is 8.84. The number of hydrogen-bond acceptors (Lipinski definition) is 8. The predicted octanol–water partition coefficient (Wildman–Crippen LogP) is 5.92. The van der Waals surface area contributed by atoms with Gasteiger partial charge in [-0.1, -0.05) is 67.9 Å². The molecule has 1 aromatic heterocycles. The molecule has 1 aliphatic rings. The molecule has 0 saturated carbocycles. The minimum atomic E-state index is -0.524. The lowest BCUT2D eigenvalue weighted by molar-refractivity contribution is -0.139. The Morgan fingerprint density at radius 2 is 1.89 bits per heavy atom. The topological polar surface area (TPSA) is 87.5 Å². The van der Waals surface area contributed by atoms with Gasteiger partial charge in [0.15, 0.2) is 11.5 Å². The number of fused-ring (bicyclic) bond motifs is 1. The SMILES string of the molecule is CCCCOC(=O)C1=C(C)Nc2nc(SCC)nn2C1c1ccc(OCc2ccc(C)cc2)c(OC)c1. The largest absolute Gasteiger partial charge is 0.493 e. The van der Waals surface area contributed by atoms with Gasteiger partial charge in [-0.15, -0.1) is 5.10 Å². The second-order valence-corrected chi connectivity index (χ2v) is 10.1. The quantitative estimate of drug-likeness (QED) is 0.189.